The van der Waals surface area contributed by atoms with Crippen LogP contribution in [0.25, 0.3) is 11.4 Å². The zero-order valence-corrected chi connectivity index (χ0v) is 22.7. The molecule has 2 heteroatoms. The fourth-order valence-corrected chi connectivity index (χ4v) is 6.70. The highest BCUT2D eigenvalue weighted by Crippen LogP contribution is 2.39. The molecule has 2 aliphatic carbocycles. The van der Waals surface area contributed by atoms with Crippen LogP contribution in [0.15, 0.2) is 36.7 Å². The fourth-order valence-electron chi connectivity index (χ4n) is 6.70. The Hall–Kier alpha value is -1.70. The quantitative estimate of drug-likeness (QED) is 0.286. The Balaban J connectivity index is 1.23. The van der Waals surface area contributed by atoms with Crippen molar-refractivity contribution in [2.75, 3.05) is 0 Å². The molecule has 0 amide bonds. The van der Waals surface area contributed by atoms with Gasteiger partial charge in [-0.15, -0.1) is 0 Å². The number of unbranched alkanes of at least 4 members (excludes halogenated alkanes) is 5. The highest BCUT2D eigenvalue weighted by Gasteiger charge is 2.23. The number of nitrogens with zero attached hydrogens (tertiary/aromatic N) is 2. The van der Waals surface area contributed by atoms with Crippen molar-refractivity contribution >= 4 is 0 Å². The predicted octanol–water partition coefficient (Wildman–Crippen LogP) is 10.2. The fraction of sp³-hybridized carbons (Fsp3) is 0.697. The zero-order chi connectivity index (χ0) is 24.3. The van der Waals surface area contributed by atoms with Crippen LogP contribution in [0.5, 0.6) is 0 Å². The van der Waals surface area contributed by atoms with Gasteiger partial charge < -0.3 is 0 Å². The van der Waals surface area contributed by atoms with Crippen LogP contribution in [0.2, 0.25) is 0 Å². The van der Waals surface area contributed by atoms with Crippen LogP contribution in [0.4, 0.5) is 0 Å². The van der Waals surface area contributed by atoms with Gasteiger partial charge in [0.2, 0.25) is 0 Å². The molecule has 0 aliphatic heterocycles. The van der Waals surface area contributed by atoms with Crippen LogP contribution >= 0.6 is 0 Å². The molecule has 4 rings (SSSR count). The van der Waals surface area contributed by atoms with Gasteiger partial charge in [0.15, 0.2) is 5.82 Å². The van der Waals surface area contributed by atoms with Crippen molar-refractivity contribution in [2.45, 2.75) is 135 Å². The van der Waals surface area contributed by atoms with Crippen LogP contribution < -0.4 is 0 Å². The third kappa shape index (κ3) is 7.89. The summed E-state index contributed by atoms with van der Waals surface area (Å²) in [5, 5.41) is 0. The summed E-state index contributed by atoms with van der Waals surface area (Å²) in [5.41, 5.74) is 4.03. The van der Waals surface area contributed by atoms with Gasteiger partial charge >= 0.3 is 0 Å². The molecule has 0 atom stereocenters. The standard InChI is InChI=1S/C33H50N2/c1-3-5-7-8-9-11-27-12-16-28(17-13-27)29-20-22-31(23-21-29)33-34-24-32(25-35-33)30-18-14-26(15-19-30)10-6-4-2/h20-28,30H,3-19H2,1-2H3. The molecule has 2 fully saturated rings. The Morgan fingerprint density at radius 1 is 0.571 bits per heavy atom. The van der Waals surface area contributed by atoms with Gasteiger partial charge in [0.05, 0.1) is 0 Å². The lowest BCUT2D eigenvalue weighted by Crippen LogP contribution is -2.14. The van der Waals surface area contributed by atoms with Gasteiger partial charge in [-0.2, -0.15) is 0 Å². The van der Waals surface area contributed by atoms with Crippen molar-refractivity contribution in [2.24, 2.45) is 11.8 Å². The minimum Gasteiger partial charge on any atom is -0.236 e. The SMILES string of the molecule is CCCCCCCC1CCC(c2ccc(-c3ncc(C4CCC(CCCC)CC4)cn3)cc2)CC1. The molecular formula is C33H50N2. The van der Waals surface area contributed by atoms with Crippen molar-refractivity contribution in [1.82, 2.24) is 9.97 Å². The molecule has 0 unspecified atom stereocenters. The van der Waals surface area contributed by atoms with E-state index in [-0.39, 0.29) is 0 Å². The average molecular weight is 475 g/mol. The van der Waals surface area contributed by atoms with E-state index in [0.717, 1.165) is 29.1 Å². The summed E-state index contributed by atoms with van der Waals surface area (Å²) in [4.78, 5) is 9.56. The molecule has 35 heavy (non-hydrogen) atoms. The summed E-state index contributed by atoms with van der Waals surface area (Å²) >= 11 is 0. The van der Waals surface area contributed by atoms with Crippen LogP contribution in [-0.4, -0.2) is 9.97 Å². The van der Waals surface area contributed by atoms with Crippen molar-refractivity contribution in [3.63, 3.8) is 0 Å². The Kier molecular flexibility index (Phi) is 10.7. The van der Waals surface area contributed by atoms with Gasteiger partial charge in [0, 0.05) is 18.0 Å². The number of hydrogen-bond acceptors (Lipinski definition) is 2. The first kappa shape index (κ1) is 26.4. The van der Waals surface area contributed by atoms with Gasteiger partial charge in [0.25, 0.3) is 0 Å². The summed E-state index contributed by atoms with van der Waals surface area (Å²) in [7, 11) is 0. The molecule has 0 spiro atoms. The monoisotopic (exact) mass is 474 g/mol. The lowest BCUT2D eigenvalue weighted by Gasteiger charge is -2.29. The average Bonchev–Trinajstić information content (AvgIpc) is 2.93. The van der Waals surface area contributed by atoms with Crippen molar-refractivity contribution in [3.8, 4) is 11.4 Å². The third-order valence-corrected chi connectivity index (χ3v) is 9.16. The molecule has 0 N–H and O–H groups in total. The Labute approximate surface area is 215 Å². The van der Waals surface area contributed by atoms with E-state index >= 15 is 0 Å². The van der Waals surface area contributed by atoms with Crippen LogP contribution in [0.1, 0.15) is 146 Å². The molecule has 192 valence electrons. The molecular weight excluding hydrogens is 424 g/mol. The summed E-state index contributed by atoms with van der Waals surface area (Å²) in [6.07, 6.45) is 27.9. The molecule has 0 radical (unpaired) electrons. The largest absolute Gasteiger partial charge is 0.236 e. The number of aromatic nitrogens is 2. The molecule has 2 nitrogen and oxygen atoms in total. The molecule has 2 aliphatic rings. The Morgan fingerprint density at radius 2 is 1.09 bits per heavy atom. The number of rotatable bonds is 12. The predicted molar refractivity (Wildman–Crippen MR) is 150 cm³/mol. The van der Waals surface area contributed by atoms with E-state index in [4.69, 9.17) is 9.97 Å². The second-order valence-corrected chi connectivity index (χ2v) is 11.7. The lowest BCUT2D eigenvalue weighted by molar-refractivity contribution is 0.302. The van der Waals surface area contributed by atoms with E-state index in [2.05, 4.69) is 50.5 Å². The molecule has 2 aromatic rings. The van der Waals surface area contributed by atoms with E-state index < -0.39 is 0 Å². The third-order valence-electron chi connectivity index (χ3n) is 9.16. The number of hydrogen-bond donors (Lipinski definition) is 0. The maximum atomic E-state index is 4.78. The highest BCUT2D eigenvalue weighted by atomic mass is 14.9. The van der Waals surface area contributed by atoms with E-state index in [9.17, 15) is 0 Å². The van der Waals surface area contributed by atoms with Crippen LogP contribution in [-0.2, 0) is 0 Å². The summed E-state index contributed by atoms with van der Waals surface area (Å²) in [6.45, 7) is 4.61. The maximum absolute atomic E-state index is 4.78. The first-order valence-electron chi connectivity index (χ1n) is 15.2. The molecule has 2 saturated carbocycles. The summed E-state index contributed by atoms with van der Waals surface area (Å²) in [5.74, 6) is 4.22. The topological polar surface area (TPSA) is 25.8 Å². The lowest BCUT2D eigenvalue weighted by atomic mass is 9.77. The summed E-state index contributed by atoms with van der Waals surface area (Å²) < 4.78 is 0. The zero-order valence-electron chi connectivity index (χ0n) is 22.7. The van der Waals surface area contributed by atoms with Gasteiger partial charge in [-0.1, -0.05) is 95.9 Å². The van der Waals surface area contributed by atoms with Gasteiger partial charge in [-0.05, 0) is 86.2 Å². The first-order valence-corrected chi connectivity index (χ1v) is 15.2. The smallest absolute Gasteiger partial charge is 0.159 e. The highest BCUT2D eigenvalue weighted by molar-refractivity contribution is 5.55. The van der Waals surface area contributed by atoms with E-state index in [1.807, 2.05) is 0 Å². The molecule has 1 heterocycles. The van der Waals surface area contributed by atoms with E-state index in [1.165, 1.54) is 120 Å². The molecule has 1 aromatic carbocycles. The van der Waals surface area contributed by atoms with Crippen molar-refractivity contribution in [1.29, 1.82) is 0 Å². The first-order chi connectivity index (χ1) is 17.3. The minimum atomic E-state index is 0.663. The maximum Gasteiger partial charge on any atom is 0.159 e. The van der Waals surface area contributed by atoms with Crippen molar-refractivity contribution in [3.05, 3.63) is 47.8 Å². The summed E-state index contributed by atoms with van der Waals surface area (Å²) in [6, 6.07) is 9.20. The van der Waals surface area contributed by atoms with Crippen LogP contribution in [0.3, 0.4) is 0 Å². The second kappa shape index (κ2) is 14.1. The van der Waals surface area contributed by atoms with Gasteiger partial charge in [-0.3, -0.25) is 0 Å². The van der Waals surface area contributed by atoms with E-state index in [1.54, 1.807) is 0 Å². The van der Waals surface area contributed by atoms with Crippen LogP contribution in [0, 0.1) is 11.8 Å². The minimum absolute atomic E-state index is 0.663. The van der Waals surface area contributed by atoms with Crippen molar-refractivity contribution < 1.29 is 0 Å². The molecule has 0 bridgehead atoms. The second-order valence-electron chi connectivity index (χ2n) is 11.7. The molecule has 0 saturated heterocycles. The van der Waals surface area contributed by atoms with Gasteiger partial charge in [0.1, 0.15) is 0 Å². The Morgan fingerprint density at radius 3 is 1.66 bits per heavy atom. The normalized spacial score (nSPS) is 25.0. The number of benzene rings is 1. The van der Waals surface area contributed by atoms with Gasteiger partial charge in [-0.25, -0.2) is 9.97 Å². The molecule has 1 aromatic heterocycles. The van der Waals surface area contributed by atoms with E-state index in [0.29, 0.717) is 5.92 Å². The Bertz CT molecular complexity index is 824.